The molecular formula is C21H22N4O4. The van der Waals surface area contributed by atoms with E-state index < -0.39 is 0 Å². The third-order valence-corrected chi connectivity index (χ3v) is 5.25. The van der Waals surface area contributed by atoms with Crippen molar-refractivity contribution in [2.75, 3.05) is 14.2 Å². The molecule has 29 heavy (non-hydrogen) atoms. The summed E-state index contributed by atoms with van der Waals surface area (Å²) in [4.78, 5) is 30.3. The van der Waals surface area contributed by atoms with Gasteiger partial charge in [0.05, 0.1) is 25.6 Å². The minimum absolute atomic E-state index is 0.134. The molecule has 3 aromatic rings. The molecule has 0 aliphatic heterocycles. The minimum atomic E-state index is -0.342. The Morgan fingerprint density at radius 2 is 1.97 bits per heavy atom. The van der Waals surface area contributed by atoms with Gasteiger partial charge in [-0.15, -0.1) is 0 Å². The van der Waals surface area contributed by atoms with Crippen LogP contribution in [0.4, 0.5) is 0 Å². The van der Waals surface area contributed by atoms with Crippen LogP contribution < -0.4 is 20.3 Å². The van der Waals surface area contributed by atoms with Crippen LogP contribution in [0.25, 0.3) is 10.8 Å². The largest absolute Gasteiger partial charge is 0.493 e. The minimum Gasteiger partial charge on any atom is -0.493 e. The van der Waals surface area contributed by atoms with Gasteiger partial charge in [0.1, 0.15) is 0 Å². The van der Waals surface area contributed by atoms with Crippen LogP contribution in [0.3, 0.4) is 0 Å². The van der Waals surface area contributed by atoms with Gasteiger partial charge in [-0.25, -0.2) is 4.68 Å². The SMILES string of the molecule is CCn1nc(C(=O)NC2CCc3ncccc32)c2cc(OC)c(OC)cc2c1=O. The van der Waals surface area contributed by atoms with Gasteiger partial charge in [0.25, 0.3) is 11.5 Å². The molecule has 0 bridgehead atoms. The van der Waals surface area contributed by atoms with Gasteiger partial charge in [-0.2, -0.15) is 5.10 Å². The first-order valence-corrected chi connectivity index (χ1v) is 9.48. The maximum absolute atomic E-state index is 13.2. The Balaban J connectivity index is 1.81. The fraction of sp³-hybridized carbons (Fsp3) is 0.333. The number of hydrogen-bond acceptors (Lipinski definition) is 6. The van der Waals surface area contributed by atoms with Crippen molar-refractivity contribution in [3.05, 3.63) is 57.8 Å². The van der Waals surface area contributed by atoms with E-state index in [0.29, 0.717) is 28.8 Å². The number of amides is 1. The summed E-state index contributed by atoms with van der Waals surface area (Å²) in [6.45, 7) is 2.15. The number of aryl methyl sites for hydroxylation is 2. The van der Waals surface area contributed by atoms with Gasteiger partial charge in [0.15, 0.2) is 17.2 Å². The van der Waals surface area contributed by atoms with Crippen LogP contribution in [-0.4, -0.2) is 34.9 Å². The highest BCUT2D eigenvalue weighted by Crippen LogP contribution is 2.33. The van der Waals surface area contributed by atoms with E-state index in [-0.39, 0.29) is 23.2 Å². The highest BCUT2D eigenvalue weighted by molar-refractivity contribution is 6.05. The molecule has 0 fully saturated rings. The molecule has 8 heteroatoms. The topological polar surface area (TPSA) is 95.3 Å². The smallest absolute Gasteiger partial charge is 0.274 e. The average molecular weight is 394 g/mol. The number of hydrogen-bond donors (Lipinski definition) is 1. The molecule has 0 radical (unpaired) electrons. The molecule has 150 valence electrons. The number of nitrogens with one attached hydrogen (secondary N) is 1. The molecule has 2 aromatic heterocycles. The zero-order valence-electron chi connectivity index (χ0n) is 16.6. The lowest BCUT2D eigenvalue weighted by Gasteiger charge is -2.16. The van der Waals surface area contributed by atoms with Gasteiger partial charge in [-0.1, -0.05) is 6.07 Å². The van der Waals surface area contributed by atoms with Crippen LogP contribution in [0.1, 0.15) is 41.1 Å². The van der Waals surface area contributed by atoms with Crippen LogP contribution >= 0.6 is 0 Å². The molecule has 8 nitrogen and oxygen atoms in total. The molecule has 1 unspecified atom stereocenters. The van der Waals surface area contributed by atoms with E-state index in [4.69, 9.17) is 9.47 Å². The maximum atomic E-state index is 13.2. The summed E-state index contributed by atoms with van der Waals surface area (Å²) in [7, 11) is 3.01. The summed E-state index contributed by atoms with van der Waals surface area (Å²) in [5, 5.41) is 8.17. The number of fused-ring (bicyclic) bond motifs is 2. The van der Waals surface area contributed by atoms with Gasteiger partial charge >= 0.3 is 0 Å². The number of methoxy groups -OCH3 is 2. The van der Waals surface area contributed by atoms with Gasteiger partial charge in [-0.3, -0.25) is 14.6 Å². The number of carbonyl (C=O) groups is 1. The first-order valence-electron chi connectivity index (χ1n) is 9.48. The van der Waals surface area contributed by atoms with Crippen molar-refractivity contribution in [3.8, 4) is 11.5 Å². The van der Waals surface area contributed by atoms with E-state index in [9.17, 15) is 9.59 Å². The van der Waals surface area contributed by atoms with Crippen LogP contribution in [-0.2, 0) is 13.0 Å². The Morgan fingerprint density at radius 3 is 2.66 bits per heavy atom. The standard InChI is InChI=1S/C21H22N4O4/c1-4-25-21(27)14-11-18(29-3)17(28-2)10-13(14)19(24-25)20(26)23-16-8-7-15-12(16)6-5-9-22-15/h5-6,9-11,16H,4,7-8H2,1-3H3,(H,23,26). The lowest BCUT2D eigenvalue weighted by Crippen LogP contribution is -2.32. The molecule has 1 atom stereocenters. The van der Waals surface area contributed by atoms with E-state index in [1.807, 2.05) is 19.1 Å². The van der Waals surface area contributed by atoms with Gasteiger partial charge in [-0.05, 0) is 43.5 Å². The van der Waals surface area contributed by atoms with E-state index in [1.54, 1.807) is 18.3 Å². The number of benzene rings is 1. The monoisotopic (exact) mass is 394 g/mol. The Kier molecular flexibility index (Phi) is 4.92. The summed E-state index contributed by atoms with van der Waals surface area (Å²) in [5.41, 5.74) is 1.92. The molecular weight excluding hydrogens is 372 g/mol. The second-order valence-corrected chi connectivity index (χ2v) is 6.83. The zero-order valence-corrected chi connectivity index (χ0v) is 16.6. The molecule has 0 spiro atoms. The predicted molar refractivity (Wildman–Crippen MR) is 108 cm³/mol. The molecule has 1 aromatic carbocycles. The number of carbonyl (C=O) groups excluding carboxylic acids is 1. The Bertz CT molecular complexity index is 1160. The van der Waals surface area contributed by atoms with Crippen LogP contribution in [0.2, 0.25) is 0 Å². The third kappa shape index (κ3) is 3.20. The molecule has 1 N–H and O–H groups in total. The van der Waals surface area contributed by atoms with Crippen molar-refractivity contribution >= 4 is 16.7 Å². The fourth-order valence-corrected chi connectivity index (χ4v) is 3.78. The van der Waals surface area contributed by atoms with E-state index >= 15 is 0 Å². The van der Waals surface area contributed by atoms with Crippen molar-refractivity contribution in [1.82, 2.24) is 20.1 Å². The molecule has 0 saturated heterocycles. The van der Waals surface area contributed by atoms with Crippen molar-refractivity contribution in [1.29, 1.82) is 0 Å². The number of ether oxygens (including phenoxy) is 2. The Hall–Kier alpha value is -3.42. The van der Waals surface area contributed by atoms with Crippen LogP contribution in [0, 0.1) is 0 Å². The summed E-state index contributed by atoms with van der Waals surface area (Å²) in [5.74, 6) is 0.513. The molecule has 1 aliphatic rings. The van der Waals surface area contributed by atoms with Crippen LogP contribution in [0.5, 0.6) is 11.5 Å². The van der Waals surface area contributed by atoms with Gasteiger partial charge < -0.3 is 14.8 Å². The number of rotatable bonds is 5. The quantitative estimate of drug-likeness (QED) is 0.713. The summed E-state index contributed by atoms with van der Waals surface area (Å²) < 4.78 is 12.0. The van der Waals surface area contributed by atoms with Crippen molar-refractivity contribution in [2.45, 2.75) is 32.4 Å². The lowest BCUT2D eigenvalue weighted by molar-refractivity contribution is 0.0931. The summed E-state index contributed by atoms with van der Waals surface area (Å²) in [6.07, 6.45) is 3.35. The highest BCUT2D eigenvalue weighted by atomic mass is 16.5. The zero-order chi connectivity index (χ0) is 20.5. The van der Waals surface area contributed by atoms with E-state index in [2.05, 4.69) is 15.4 Å². The van der Waals surface area contributed by atoms with Crippen molar-refractivity contribution in [3.63, 3.8) is 0 Å². The Morgan fingerprint density at radius 1 is 1.24 bits per heavy atom. The molecule has 1 amide bonds. The van der Waals surface area contributed by atoms with Gasteiger partial charge in [0.2, 0.25) is 0 Å². The van der Waals surface area contributed by atoms with Crippen molar-refractivity contribution < 1.29 is 14.3 Å². The fourth-order valence-electron chi connectivity index (χ4n) is 3.78. The predicted octanol–water partition coefficient (Wildman–Crippen LogP) is 2.25. The molecule has 4 rings (SSSR count). The second-order valence-electron chi connectivity index (χ2n) is 6.83. The van der Waals surface area contributed by atoms with Gasteiger partial charge in [0, 0.05) is 23.8 Å². The maximum Gasteiger partial charge on any atom is 0.274 e. The van der Waals surface area contributed by atoms with Crippen LogP contribution in [0.15, 0.2) is 35.3 Å². The summed E-state index contributed by atoms with van der Waals surface area (Å²) in [6, 6.07) is 6.93. The average Bonchev–Trinajstić information content (AvgIpc) is 3.16. The molecule has 2 heterocycles. The van der Waals surface area contributed by atoms with E-state index in [1.165, 1.54) is 18.9 Å². The highest BCUT2D eigenvalue weighted by Gasteiger charge is 2.27. The Labute approximate surface area is 167 Å². The molecule has 0 saturated carbocycles. The normalized spacial score (nSPS) is 15.2. The third-order valence-electron chi connectivity index (χ3n) is 5.25. The number of aromatic nitrogens is 3. The molecule has 1 aliphatic carbocycles. The number of pyridine rings is 1. The lowest BCUT2D eigenvalue weighted by atomic mass is 10.1. The summed E-state index contributed by atoms with van der Waals surface area (Å²) >= 11 is 0. The number of nitrogens with zero attached hydrogens (tertiary/aromatic N) is 3. The second kappa shape index (κ2) is 7.54. The first-order chi connectivity index (χ1) is 14.1. The van der Waals surface area contributed by atoms with Crippen molar-refractivity contribution in [2.24, 2.45) is 0 Å². The van der Waals surface area contributed by atoms with E-state index in [0.717, 1.165) is 24.1 Å². The first kappa shape index (κ1) is 18.9.